The van der Waals surface area contributed by atoms with Gasteiger partial charge in [0.05, 0.1) is 10.6 Å². The largest absolute Gasteiger partial charge is 0.338 e. The molecule has 3 aromatic heterocycles. The fourth-order valence-corrected chi connectivity index (χ4v) is 2.85. The molecule has 0 amide bonds. The third-order valence-electron chi connectivity index (χ3n) is 3.79. The summed E-state index contributed by atoms with van der Waals surface area (Å²) in [7, 11) is 1.76. The molecule has 0 aliphatic carbocycles. The molecule has 0 unspecified atom stereocenters. The second-order valence-corrected chi connectivity index (χ2v) is 5.75. The van der Waals surface area contributed by atoms with Gasteiger partial charge in [-0.3, -0.25) is 4.98 Å². The van der Waals surface area contributed by atoms with Crippen molar-refractivity contribution in [2.75, 3.05) is 5.32 Å². The van der Waals surface area contributed by atoms with Crippen LogP contribution in [0.1, 0.15) is 0 Å². The number of aromatic nitrogens is 5. The normalized spacial score (nSPS) is 11.0. The highest BCUT2D eigenvalue weighted by molar-refractivity contribution is 6.33. The number of imidazole rings is 1. The third-order valence-corrected chi connectivity index (χ3v) is 4.10. The molecule has 0 bridgehead atoms. The number of benzene rings is 1. The first-order chi connectivity index (χ1) is 12.1. The summed E-state index contributed by atoms with van der Waals surface area (Å²) >= 11 is 6.18. The highest BCUT2D eigenvalue weighted by Gasteiger charge is 2.19. The fraction of sp³-hybridized carbons (Fsp3) is 0.0588. The van der Waals surface area contributed by atoms with E-state index in [1.165, 1.54) is 12.4 Å². The summed E-state index contributed by atoms with van der Waals surface area (Å²) in [6.45, 7) is 0. The van der Waals surface area contributed by atoms with Crippen LogP contribution in [0.3, 0.4) is 0 Å². The first-order valence-corrected chi connectivity index (χ1v) is 7.82. The van der Waals surface area contributed by atoms with Crippen molar-refractivity contribution in [3.8, 4) is 11.4 Å². The number of hydrogen-bond donors (Lipinski definition) is 1. The van der Waals surface area contributed by atoms with Gasteiger partial charge >= 0.3 is 0 Å². The van der Waals surface area contributed by atoms with Crippen molar-refractivity contribution in [2.24, 2.45) is 7.05 Å². The second-order valence-electron chi connectivity index (χ2n) is 5.35. The molecule has 6 nitrogen and oxygen atoms in total. The molecule has 1 N–H and O–H groups in total. The van der Waals surface area contributed by atoms with E-state index < -0.39 is 5.82 Å². The summed E-state index contributed by atoms with van der Waals surface area (Å²) < 4.78 is 16.0. The molecule has 124 valence electrons. The first-order valence-electron chi connectivity index (χ1n) is 7.44. The molecule has 8 heteroatoms. The molecule has 4 aromatic rings. The van der Waals surface area contributed by atoms with E-state index in [1.54, 1.807) is 36.1 Å². The lowest BCUT2D eigenvalue weighted by Crippen LogP contribution is -1.98. The van der Waals surface area contributed by atoms with E-state index in [2.05, 4.69) is 25.3 Å². The van der Waals surface area contributed by atoms with E-state index in [0.717, 1.165) is 5.69 Å². The molecular weight excluding hydrogens is 343 g/mol. The minimum atomic E-state index is -0.442. The zero-order chi connectivity index (χ0) is 17.4. The van der Waals surface area contributed by atoms with Crippen molar-refractivity contribution in [2.45, 2.75) is 0 Å². The number of nitrogens with zero attached hydrogens (tertiary/aromatic N) is 5. The molecule has 1 aromatic carbocycles. The molecule has 0 saturated carbocycles. The average Bonchev–Trinajstić information content (AvgIpc) is 2.94. The molecule has 0 aliphatic rings. The SMILES string of the molecule is Cn1c(-c2c(F)cccc2Cl)nc2c(Nc3ccncc3)ncnc21. The molecule has 0 fully saturated rings. The van der Waals surface area contributed by atoms with Crippen LogP contribution in [-0.2, 0) is 7.05 Å². The van der Waals surface area contributed by atoms with Crippen molar-refractivity contribution < 1.29 is 4.39 Å². The van der Waals surface area contributed by atoms with E-state index in [0.29, 0.717) is 22.8 Å². The summed E-state index contributed by atoms with van der Waals surface area (Å²) in [6, 6.07) is 8.15. The lowest BCUT2D eigenvalue weighted by atomic mass is 10.2. The number of hydrogen-bond acceptors (Lipinski definition) is 5. The van der Waals surface area contributed by atoms with Gasteiger partial charge in [0.2, 0.25) is 0 Å². The summed E-state index contributed by atoms with van der Waals surface area (Å²) in [5, 5.41) is 3.46. The van der Waals surface area contributed by atoms with Crippen LogP contribution in [0.25, 0.3) is 22.6 Å². The monoisotopic (exact) mass is 354 g/mol. The van der Waals surface area contributed by atoms with Crippen LogP contribution in [0.4, 0.5) is 15.9 Å². The Hall–Kier alpha value is -3.06. The number of halogens is 2. The zero-order valence-corrected chi connectivity index (χ0v) is 13.9. The Bertz CT molecular complexity index is 1040. The maximum atomic E-state index is 14.3. The minimum Gasteiger partial charge on any atom is -0.338 e. The zero-order valence-electron chi connectivity index (χ0n) is 13.1. The molecule has 0 spiro atoms. The van der Waals surface area contributed by atoms with E-state index in [-0.39, 0.29) is 10.6 Å². The smallest absolute Gasteiger partial charge is 0.165 e. The topological polar surface area (TPSA) is 68.5 Å². The second kappa shape index (κ2) is 6.10. The van der Waals surface area contributed by atoms with Gasteiger partial charge in [-0.05, 0) is 24.3 Å². The Balaban J connectivity index is 1.89. The van der Waals surface area contributed by atoms with E-state index in [1.807, 2.05) is 12.1 Å². The van der Waals surface area contributed by atoms with Crippen LogP contribution in [-0.4, -0.2) is 24.5 Å². The lowest BCUT2D eigenvalue weighted by Gasteiger charge is -2.05. The van der Waals surface area contributed by atoms with E-state index in [9.17, 15) is 4.39 Å². The Morgan fingerprint density at radius 1 is 1.12 bits per heavy atom. The highest BCUT2D eigenvalue weighted by Crippen LogP contribution is 2.33. The minimum absolute atomic E-state index is 0.236. The standard InChI is InChI=1S/C17H12ClFN6/c1-25-16(13-11(18)3-2-4-12(13)19)24-14-15(21-9-22-17(14)25)23-10-5-7-20-8-6-10/h2-9H,1H3,(H,20,21,22,23). The van der Waals surface area contributed by atoms with Crippen LogP contribution < -0.4 is 5.32 Å². The summed E-state index contributed by atoms with van der Waals surface area (Å²) in [6.07, 6.45) is 4.77. The summed E-state index contributed by atoms with van der Waals surface area (Å²) in [5.41, 5.74) is 2.14. The quantitative estimate of drug-likeness (QED) is 0.603. The van der Waals surface area contributed by atoms with Crippen LogP contribution in [0.5, 0.6) is 0 Å². The number of fused-ring (bicyclic) bond motifs is 1. The Morgan fingerprint density at radius 2 is 1.92 bits per heavy atom. The van der Waals surface area contributed by atoms with Gasteiger partial charge in [0.1, 0.15) is 18.0 Å². The van der Waals surface area contributed by atoms with Gasteiger partial charge in [-0.15, -0.1) is 0 Å². The number of aryl methyl sites for hydroxylation is 1. The van der Waals surface area contributed by atoms with Gasteiger partial charge in [0, 0.05) is 25.1 Å². The van der Waals surface area contributed by atoms with Crippen LogP contribution in [0, 0.1) is 5.82 Å². The molecule has 0 radical (unpaired) electrons. The van der Waals surface area contributed by atoms with Crippen LogP contribution in [0.2, 0.25) is 5.02 Å². The first kappa shape index (κ1) is 15.5. The van der Waals surface area contributed by atoms with Crippen LogP contribution in [0.15, 0.2) is 49.1 Å². The number of rotatable bonds is 3. The Labute approximate surface area is 147 Å². The maximum absolute atomic E-state index is 14.3. The van der Waals surface area contributed by atoms with Gasteiger partial charge in [0.25, 0.3) is 0 Å². The van der Waals surface area contributed by atoms with Gasteiger partial charge in [-0.25, -0.2) is 19.3 Å². The maximum Gasteiger partial charge on any atom is 0.165 e. The number of nitrogens with one attached hydrogen (secondary N) is 1. The number of pyridine rings is 1. The molecule has 3 heterocycles. The highest BCUT2D eigenvalue weighted by atomic mass is 35.5. The third kappa shape index (κ3) is 2.68. The van der Waals surface area contributed by atoms with Crippen LogP contribution >= 0.6 is 11.6 Å². The van der Waals surface area contributed by atoms with Crippen molar-refractivity contribution in [3.63, 3.8) is 0 Å². The van der Waals surface area contributed by atoms with Gasteiger partial charge in [0.15, 0.2) is 17.0 Å². The van der Waals surface area contributed by atoms with Crippen molar-refractivity contribution in [1.82, 2.24) is 24.5 Å². The molecule has 0 saturated heterocycles. The molecular formula is C17H12ClFN6. The predicted molar refractivity (Wildman–Crippen MR) is 94.2 cm³/mol. The van der Waals surface area contributed by atoms with E-state index in [4.69, 9.17) is 11.6 Å². The Morgan fingerprint density at radius 3 is 2.68 bits per heavy atom. The van der Waals surface area contributed by atoms with Crippen molar-refractivity contribution in [1.29, 1.82) is 0 Å². The average molecular weight is 355 g/mol. The lowest BCUT2D eigenvalue weighted by molar-refractivity contribution is 0.629. The predicted octanol–water partition coefficient (Wildman–Crippen LogP) is 3.96. The summed E-state index contributed by atoms with van der Waals surface area (Å²) in [5.74, 6) is 0.462. The molecule has 0 atom stereocenters. The van der Waals surface area contributed by atoms with Gasteiger partial charge in [-0.1, -0.05) is 17.7 Å². The fourth-order valence-electron chi connectivity index (χ4n) is 2.60. The van der Waals surface area contributed by atoms with Gasteiger partial charge in [-0.2, -0.15) is 0 Å². The number of anilines is 2. The van der Waals surface area contributed by atoms with Crippen molar-refractivity contribution in [3.05, 3.63) is 59.9 Å². The van der Waals surface area contributed by atoms with Gasteiger partial charge < -0.3 is 9.88 Å². The molecule has 4 rings (SSSR count). The molecule has 25 heavy (non-hydrogen) atoms. The molecule has 0 aliphatic heterocycles. The summed E-state index contributed by atoms with van der Waals surface area (Å²) in [4.78, 5) is 17.0. The Kier molecular flexibility index (Phi) is 3.77. The van der Waals surface area contributed by atoms with Crippen molar-refractivity contribution >= 4 is 34.3 Å². The van der Waals surface area contributed by atoms with E-state index >= 15 is 0 Å².